The maximum absolute atomic E-state index is 14.0. The molecule has 1 amide bonds. The normalized spacial score (nSPS) is 20.7. The molecule has 2 aromatic rings. The summed E-state index contributed by atoms with van der Waals surface area (Å²) in [6.45, 7) is 5.66. The lowest BCUT2D eigenvalue weighted by Gasteiger charge is -2.38. The molecule has 3 heterocycles. The van der Waals surface area contributed by atoms with Crippen LogP contribution in [-0.4, -0.2) is 35.6 Å². The highest BCUT2D eigenvalue weighted by molar-refractivity contribution is 5.96. The van der Waals surface area contributed by atoms with E-state index in [1.165, 1.54) is 18.7 Å². The third-order valence-corrected chi connectivity index (χ3v) is 6.94. The molecule has 3 aliphatic rings. The number of allylic oxidation sites excluding steroid dienone is 1. The van der Waals surface area contributed by atoms with E-state index in [-0.39, 0.29) is 35.4 Å². The Morgan fingerprint density at radius 1 is 1.27 bits per heavy atom. The van der Waals surface area contributed by atoms with Crippen LogP contribution in [0.4, 0.5) is 8.78 Å². The highest BCUT2D eigenvalue weighted by Gasteiger charge is 2.43. The van der Waals surface area contributed by atoms with Crippen molar-refractivity contribution in [2.24, 2.45) is 0 Å². The number of carbonyl (C=O) groups excluding carboxylic acids is 1. The Morgan fingerprint density at radius 3 is 2.67 bits per heavy atom. The molecule has 2 atom stereocenters. The summed E-state index contributed by atoms with van der Waals surface area (Å²) < 4.78 is 35.0. The van der Waals surface area contributed by atoms with Gasteiger partial charge in [-0.15, -0.1) is 0 Å². The molecule has 1 fully saturated rings. The molecule has 1 aliphatic carbocycles. The van der Waals surface area contributed by atoms with Gasteiger partial charge >= 0.3 is 0 Å². The predicted molar refractivity (Wildman–Crippen MR) is 120 cm³/mol. The zero-order chi connectivity index (χ0) is 23.4. The van der Waals surface area contributed by atoms with Gasteiger partial charge in [0.25, 0.3) is 5.91 Å². The SMILES string of the molecule is CCN1CC2CC(C)c3c(C(=O)NCc4ccc(F)cc4F)c(=O)c(OC)c(n32)C1=C1CC1. The number of methoxy groups -OCH3 is 1. The van der Waals surface area contributed by atoms with E-state index >= 15 is 0 Å². The maximum atomic E-state index is 14.0. The number of ether oxygens (including phenoxy) is 1. The van der Waals surface area contributed by atoms with E-state index in [1.54, 1.807) is 0 Å². The zero-order valence-electron chi connectivity index (χ0n) is 19.0. The molecule has 0 bridgehead atoms. The van der Waals surface area contributed by atoms with E-state index in [4.69, 9.17) is 4.74 Å². The fourth-order valence-corrected chi connectivity index (χ4v) is 5.36. The van der Waals surface area contributed by atoms with Crippen LogP contribution in [0.25, 0.3) is 5.70 Å². The fraction of sp³-hybridized carbons (Fsp3) is 0.440. The van der Waals surface area contributed by atoms with Crippen LogP contribution >= 0.6 is 0 Å². The minimum Gasteiger partial charge on any atom is -0.491 e. The molecule has 33 heavy (non-hydrogen) atoms. The number of nitrogens with zero attached hydrogens (tertiary/aromatic N) is 2. The van der Waals surface area contributed by atoms with Gasteiger partial charge in [0, 0.05) is 37.0 Å². The summed E-state index contributed by atoms with van der Waals surface area (Å²) in [7, 11) is 1.46. The van der Waals surface area contributed by atoms with Crippen LogP contribution < -0.4 is 15.5 Å². The number of benzene rings is 1. The second-order valence-electron chi connectivity index (χ2n) is 9.04. The largest absolute Gasteiger partial charge is 0.491 e. The lowest BCUT2D eigenvalue weighted by atomic mass is 9.99. The van der Waals surface area contributed by atoms with Crippen LogP contribution in [0.3, 0.4) is 0 Å². The summed E-state index contributed by atoms with van der Waals surface area (Å²) in [5.41, 5.74) is 3.64. The van der Waals surface area contributed by atoms with Gasteiger partial charge in [0.15, 0.2) is 5.75 Å². The van der Waals surface area contributed by atoms with Gasteiger partial charge in [0.05, 0.1) is 18.8 Å². The lowest BCUT2D eigenvalue weighted by molar-refractivity contribution is 0.0946. The fourth-order valence-electron chi connectivity index (χ4n) is 5.36. The number of likely N-dealkylation sites (N-methyl/N-ethyl adjacent to an activating group) is 1. The Hall–Kier alpha value is -3.16. The van der Waals surface area contributed by atoms with Crippen molar-refractivity contribution in [1.29, 1.82) is 0 Å². The summed E-state index contributed by atoms with van der Waals surface area (Å²) in [6, 6.07) is 3.34. The molecule has 0 radical (unpaired) electrons. The van der Waals surface area contributed by atoms with Gasteiger partial charge < -0.3 is 19.5 Å². The first-order valence-electron chi connectivity index (χ1n) is 11.4. The molecule has 6 nitrogen and oxygen atoms in total. The van der Waals surface area contributed by atoms with E-state index in [0.29, 0.717) is 5.69 Å². The number of halogens is 2. The summed E-state index contributed by atoms with van der Waals surface area (Å²) in [5, 5.41) is 2.66. The van der Waals surface area contributed by atoms with Crippen LogP contribution in [0.1, 0.15) is 72.4 Å². The average molecular weight is 456 g/mol. The van der Waals surface area contributed by atoms with Crippen LogP contribution in [0.15, 0.2) is 28.6 Å². The zero-order valence-corrected chi connectivity index (χ0v) is 19.0. The Kier molecular flexibility index (Phi) is 5.26. The molecule has 8 heteroatoms. The van der Waals surface area contributed by atoms with Gasteiger partial charge in [-0.1, -0.05) is 13.0 Å². The van der Waals surface area contributed by atoms with Gasteiger partial charge in [0.1, 0.15) is 22.9 Å². The quantitative estimate of drug-likeness (QED) is 0.742. The number of rotatable bonds is 5. The number of aromatic nitrogens is 1. The number of pyridine rings is 1. The number of hydrogen-bond donors (Lipinski definition) is 1. The van der Waals surface area contributed by atoms with Crippen LogP contribution in [-0.2, 0) is 6.54 Å². The predicted octanol–water partition coefficient (Wildman–Crippen LogP) is 3.95. The molecular weight excluding hydrogens is 428 g/mol. The standard InChI is InChI=1S/C25H27F2N3O3/c1-4-29-12-17-9-13(2)20-19(25(32)28-11-15-7-8-16(26)10-18(15)27)23(31)24(33-3)22(30(17)20)21(29)14-5-6-14/h7-8,10,13,17H,4-6,9,11-12H2,1-3H3,(H,28,32). The van der Waals surface area contributed by atoms with Crippen molar-refractivity contribution in [3.05, 3.63) is 68.1 Å². The number of nitrogens with one attached hydrogen (secondary N) is 1. The second kappa shape index (κ2) is 8.01. The van der Waals surface area contributed by atoms with Crippen molar-refractivity contribution in [3.63, 3.8) is 0 Å². The molecule has 1 aromatic carbocycles. The summed E-state index contributed by atoms with van der Waals surface area (Å²) in [6.07, 6.45) is 2.83. The molecule has 174 valence electrons. The summed E-state index contributed by atoms with van der Waals surface area (Å²) >= 11 is 0. The van der Waals surface area contributed by atoms with Crippen molar-refractivity contribution in [2.45, 2.75) is 51.6 Å². The molecular formula is C25H27F2N3O3. The first kappa shape index (κ1) is 21.7. The van der Waals surface area contributed by atoms with Crippen molar-refractivity contribution < 1.29 is 18.3 Å². The Bertz CT molecular complexity index is 1240. The minimum atomic E-state index is -0.742. The minimum absolute atomic E-state index is 0.0120. The van der Waals surface area contributed by atoms with Gasteiger partial charge in [-0.2, -0.15) is 0 Å². The van der Waals surface area contributed by atoms with Gasteiger partial charge in [0.2, 0.25) is 5.43 Å². The highest BCUT2D eigenvalue weighted by Crippen LogP contribution is 2.50. The number of hydrogen-bond acceptors (Lipinski definition) is 4. The van der Waals surface area contributed by atoms with Crippen LogP contribution in [0.2, 0.25) is 0 Å². The van der Waals surface area contributed by atoms with Crippen LogP contribution in [0, 0.1) is 11.6 Å². The van der Waals surface area contributed by atoms with Crippen molar-refractivity contribution >= 4 is 11.6 Å². The summed E-state index contributed by atoms with van der Waals surface area (Å²) in [4.78, 5) is 29.2. The van der Waals surface area contributed by atoms with Crippen molar-refractivity contribution in [2.75, 3.05) is 20.2 Å². The van der Waals surface area contributed by atoms with E-state index in [1.807, 2.05) is 6.92 Å². The molecule has 1 saturated carbocycles. The van der Waals surface area contributed by atoms with Crippen molar-refractivity contribution in [3.8, 4) is 5.75 Å². The second-order valence-corrected chi connectivity index (χ2v) is 9.04. The molecule has 1 N–H and O–H groups in total. The Morgan fingerprint density at radius 2 is 2.03 bits per heavy atom. The first-order valence-corrected chi connectivity index (χ1v) is 11.4. The molecule has 2 unspecified atom stereocenters. The monoisotopic (exact) mass is 455 g/mol. The first-order chi connectivity index (χ1) is 15.8. The topological polar surface area (TPSA) is 63.6 Å². The van der Waals surface area contributed by atoms with Gasteiger partial charge in [-0.3, -0.25) is 9.59 Å². The smallest absolute Gasteiger partial charge is 0.257 e. The molecule has 0 spiro atoms. The van der Waals surface area contributed by atoms with Crippen molar-refractivity contribution in [1.82, 2.24) is 14.8 Å². The Labute approximate surface area is 190 Å². The third-order valence-electron chi connectivity index (χ3n) is 6.94. The van der Waals surface area contributed by atoms with Crippen LogP contribution in [0.5, 0.6) is 5.75 Å². The van der Waals surface area contributed by atoms with Gasteiger partial charge in [-0.05, 0) is 43.7 Å². The molecule has 2 aliphatic heterocycles. The van der Waals surface area contributed by atoms with E-state index in [2.05, 4.69) is 21.7 Å². The Balaban J connectivity index is 1.61. The average Bonchev–Trinajstić information content (AvgIpc) is 3.57. The number of amides is 1. The molecule has 0 saturated heterocycles. The van der Waals surface area contributed by atoms with E-state index < -0.39 is 23.0 Å². The number of carbonyl (C=O) groups is 1. The summed E-state index contributed by atoms with van der Waals surface area (Å²) in [5.74, 6) is -1.80. The van der Waals surface area contributed by atoms with Gasteiger partial charge in [-0.25, -0.2) is 8.78 Å². The highest BCUT2D eigenvalue weighted by atomic mass is 19.1. The van der Waals surface area contributed by atoms with E-state index in [0.717, 1.165) is 55.9 Å². The maximum Gasteiger partial charge on any atom is 0.257 e. The lowest BCUT2D eigenvalue weighted by Crippen LogP contribution is -2.39. The third kappa shape index (κ3) is 3.43. The molecule has 5 rings (SSSR count). The molecule has 1 aromatic heterocycles. The van der Waals surface area contributed by atoms with E-state index in [9.17, 15) is 18.4 Å².